The van der Waals surface area contributed by atoms with Crippen molar-refractivity contribution in [1.82, 2.24) is 0 Å². The van der Waals surface area contributed by atoms with Gasteiger partial charge in [-0.15, -0.1) is 0 Å². The van der Waals surface area contributed by atoms with E-state index in [9.17, 15) is 13.2 Å². The molecule has 2 aromatic rings. The number of nitrogens with zero attached hydrogens (tertiary/aromatic N) is 1. The molecule has 0 radical (unpaired) electrons. The molecule has 8 nitrogen and oxygen atoms in total. The Morgan fingerprint density at radius 3 is 2.21 bits per heavy atom. The van der Waals surface area contributed by atoms with Gasteiger partial charge in [0.2, 0.25) is 15.9 Å². The highest BCUT2D eigenvalue weighted by atomic mass is 32.2. The van der Waals surface area contributed by atoms with Crippen molar-refractivity contribution in [3.63, 3.8) is 0 Å². The number of nitrogens with one attached hydrogen (secondary N) is 1. The lowest BCUT2D eigenvalue weighted by Gasteiger charge is -2.29. The van der Waals surface area contributed by atoms with Gasteiger partial charge in [-0.1, -0.05) is 6.07 Å². The van der Waals surface area contributed by atoms with Crippen molar-refractivity contribution in [2.45, 2.75) is 19.9 Å². The average molecular weight is 423 g/mol. The maximum absolute atomic E-state index is 12.9. The highest BCUT2D eigenvalue weighted by Crippen LogP contribution is 2.34. The minimum atomic E-state index is -3.79. The van der Waals surface area contributed by atoms with Gasteiger partial charge in [-0.05, 0) is 43.7 Å². The Bertz CT molecular complexity index is 990. The normalized spacial score (nSPS) is 12.1. The fourth-order valence-electron chi connectivity index (χ4n) is 2.89. The van der Waals surface area contributed by atoms with Crippen LogP contribution >= 0.6 is 0 Å². The van der Waals surface area contributed by atoms with Crippen LogP contribution in [0.5, 0.6) is 17.2 Å². The van der Waals surface area contributed by atoms with Crippen LogP contribution in [0.25, 0.3) is 0 Å². The van der Waals surface area contributed by atoms with Crippen LogP contribution in [0.1, 0.15) is 12.5 Å². The van der Waals surface area contributed by atoms with Crippen LogP contribution in [0.15, 0.2) is 36.4 Å². The third-order valence-corrected chi connectivity index (χ3v) is 5.55. The number of carbonyl (C=O) groups excluding carboxylic acids is 1. The average Bonchev–Trinajstić information content (AvgIpc) is 2.67. The monoisotopic (exact) mass is 422 g/mol. The van der Waals surface area contributed by atoms with E-state index in [2.05, 4.69) is 5.32 Å². The fraction of sp³-hybridized carbons (Fsp3) is 0.350. The maximum atomic E-state index is 12.9. The molecule has 0 aliphatic carbocycles. The topological polar surface area (TPSA) is 94.2 Å². The predicted molar refractivity (Wildman–Crippen MR) is 113 cm³/mol. The molecule has 0 bridgehead atoms. The summed E-state index contributed by atoms with van der Waals surface area (Å²) in [6.45, 7) is 3.34. The summed E-state index contributed by atoms with van der Waals surface area (Å²) in [5.74, 6) is 0.782. The van der Waals surface area contributed by atoms with Gasteiger partial charge in [-0.25, -0.2) is 8.42 Å². The standard InChI is InChI=1S/C20H26N2O6S/c1-13-7-10-18(27-4)17(11-13)22(29(6,24)25)14(2)20(23)21-16-9-8-15(26-3)12-19(16)28-5/h7-12,14H,1-6H3,(H,21,23). The van der Waals surface area contributed by atoms with Crippen molar-refractivity contribution in [3.8, 4) is 17.2 Å². The largest absolute Gasteiger partial charge is 0.497 e. The predicted octanol–water partition coefficient (Wildman–Crippen LogP) is 2.81. The van der Waals surface area contributed by atoms with E-state index in [0.29, 0.717) is 28.6 Å². The summed E-state index contributed by atoms with van der Waals surface area (Å²) in [5.41, 5.74) is 1.52. The zero-order chi connectivity index (χ0) is 21.8. The number of amides is 1. The summed E-state index contributed by atoms with van der Waals surface area (Å²) in [6.07, 6.45) is 1.05. The first-order valence-electron chi connectivity index (χ1n) is 8.79. The van der Waals surface area contributed by atoms with E-state index in [1.54, 1.807) is 36.4 Å². The fourth-order valence-corrected chi connectivity index (χ4v) is 4.06. The quantitative estimate of drug-likeness (QED) is 0.703. The minimum Gasteiger partial charge on any atom is -0.497 e. The number of benzene rings is 2. The molecule has 1 amide bonds. The first-order chi connectivity index (χ1) is 13.6. The number of rotatable bonds is 8. The molecule has 0 aliphatic heterocycles. The highest BCUT2D eigenvalue weighted by molar-refractivity contribution is 7.92. The zero-order valence-electron chi connectivity index (χ0n) is 17.3. The summed E-state index contributed by atoms with van der Waals surface area (Å²) in [5, 5.41) is 2.72. The van der Waals surface area contributed by atoms with Crippen LogP contribution < -0.4 is 23.8 Å². The van der Waals surface area contributed by atoms with Gasteiger partial charge in [0.25, 0.3) is 0 Å². The Balaban J connectivity index is 2.42. The summed E-state index contributed by atoms with van der Waals surface area (Å²) in [6, 6.07) is 9.00. The zero-order valence-corrected chi connectivity index (χ0v) is 18.2. The van der Waals surface area contributed by atoms with Gasteiger partial charge >= 0.3 is 0 Å². The molecule has 0 heterocycles. The molecule has 1 atom stereocenters. The summed E-state index contributed by atoms with van der Waals surface area (Å²) in [7, 11) is 0.646. The first-order valence-corrected chi connectivity index (χ1v) is 10.6. The first kappa shape index (κ1) is 22.4. The van der Waals surface area contributed by atoms with Crippen molar-refractivity contribution in [2.75, 3.05) is 37.2 Å². The Morgan fingerprint density at radius 1 is 1.00 bits per heavy atom. The van der Waals surface area contributed by atoms with Crippen molar-refractivity contribution in [3.05, 3.63) is 42.0 Å². The molecule has 1 unspecified atom stereocenters. The van der Waals surface area contributed by atoms with Crippen molar-refractivity contribution >= 4 is 27.3 Å². The molecule has 0 saturated heterocycles. The lowest BCUT2D eigenvalue weighted by Crippen LogP contribution is -2.45. The molecule has 0 aliphatic rings. The van der Waals surface area contributed by atoms with E-state index in [4.69, 9.17) is 14.2 Å². The van der Waals surface area contributed by atoms with Crippen molar-refractivity contribution in [1.29, 1.82) is 0 Å². The summed E-state index contributed by atoms with van der Waals surface area (Å²) < 4.78 is 41.9. The van der Waals surface area contributed by atoms with Gasteiger partial charge < -0.3 is 19.5 Å². The van der Waals surface area contributed by atoms with Gasteiger partial charge in [-0.3, -0.25) is 9.10 Å². The van der Waals surface area contributed by atoms with Crippen molar-refractivity contribution < 1.29 is 27.4 Å². The number of ether oxygens (including phenoxy) is 3. The van der Waals surface area contributed by atoms with Gasteiger partial charge in [-0.2, -0.15) is 0 Å². The van der Waals surface area contributed by atoms with Crippen LogP contribution in [0, 0.1) is 6.92 Å². The van der Waals surface area contributed by atoms with Gasteiger partial charge in [0.05, 0.1) is 39.0 Å². The second-order valence-corrected chi connectivity index (χ2v) is 8.32. The SMILES string of the molecule is COc1ccc(NC(=O)C(C)N(c2cc(C)ccc2OC)S(C)(=O)=O)c(OC)c1. The number of carbonyl (C=O) groups is 1. The van der Waals surface area contributed by atoms with Crippen LogP contribution in [0.4, 0.5) is 11.4 Å². The number of anilines is 2. The molecule has 9 heteroatoms. The summed E-state index contributed by atoms with van der Waals surface area (Å²) >= 11 is 0. The third-order valence-electron chi connectivity index (χ3n) is 4.33. The lowest BCUT2D eigenvalue weighted by atomic mass is 10.2. The van der Waals surface area contributed by atoms with E-state index in [1.807, 2.05) is 6.92 Å². The van der Waals surface area contributed by atoms with Crippen LogP contribution in [-0.2, 0) is 14.8 Å². The molecule has 2 aromatic carbocycles. The number of hydrogen-bond acceptors (Lipinski definition) is 6. The van der Waals surface area contributed by atoms with Gasteiger partial charge in [0, 0.05) is 6.07 Å². The second-order valence-electron chi connectivity index (χ2n) is 6.47. The van der Waals surface area contributed by atoms with E-state index >= 15 is 0 Å². The van der Waals surface area contributed by atoms with Crippen LogP contribution in [0.2, 0.25) is 0 Å². The van der Waals surface area contributed by atoms with Crippen molar-refractivity contribution in [2.24, 2.45) is 0 Å². The molecule has 0 saturated carbocycles. The van der Waals surface area contributed by atoms with Crippen LogP contribution in [0.3, 0.4) is 0 Å². The number of hydrogen-bond donors (Lipinski definition) is 1. The number of sulfonamides is 1. The Labute approximate surface area is 171 Å². The van der Waals surface area contributed by atoms with Crippen LogP contribution in [-0.4, -0.2) is 48.0 Å². The molecule has 2 rings (SSSR count). The molecular formula is C20H26N2O6S. The molecule has 158 valence electrons. The molecule has 29 heavy (non-hydrogen) atoms. The minimum absolute atomic E-state index is 0.291. The van der Waals surface area contributed by atoms with E-state index < -0.39 is 22.0 Å². The molecule has 0 fully saturated rings. The Hall–Kier alpha value is -2.94. The maximum Gasteiger partial charge on any atom is 0.248 e. The molecular weight excluding hydrogens is 396 g/mol. The number of methoxy groups -OCH3 is 3. The highest BCUT2D eigenvalue weighted by Gasteiger charge is 2.31. The van der Waals surface area contributed by atoms with E-state index in [1.165, 1.54) is 28.3 Å². The molecule has 0 spiro atoms. The smallest absolute Gasteiger partial charge is 0.248 e. The lowest BCUT2D eigenvalue weighted by molar-refractivity contribution is -0.116. The van der Waals surface area contributed by atoms with Gasteiger partial charge in [0.15, 0.2) is 0 Å². The third kappa shape index (κ3) is 5.11. The van der Waals surface area contributed by atoms with E-state index in [0.717, 1.165) is 16.1 Å². The Morgan fingerprint density at radius 2 is 1.66 bits per heavy atom. The molecule has 0 aromatic heterocycles. The Kier molecular flexibility index (Phi) is 6.97. The summed E-state index contributed by atoms with van der Waals surface area (Å²) in [4.78, 5) is 12.9. The second kappa shape index (κ2) is 9.04. The molecule has 1 N–H and O–H groups in total. The van der Waals surface area contributed by atoms with Gasteiger partial charge in [0.1, 0.15) is 23.3 Å². The van der Waals surface area contributed by atoms with E-state index in [-0.39, 0.29) is 0 Å². The number of aryl methyl sites for hydroxylation is 1.